The number of hydrogen-bond donors (Lipinski definition) is 1. The second-order valence-electron chi connectivity index (χ2n) is 6.50. The highest BCUT2D eigenvalue weighted by Crippen LogP contribution is 2.24. The van der Waals surface area contributed by atoms with E-state index in [0.29, 0.717) is 11.1 Å². The zero-order chi connectivity index (χ0) is 21.7. The van der Waals surface area contributed by atoms with Gasteiger partial charge in [-0.25, -0.2) is 8.42 Å². The lowest BCUT2D eigenvalue weighted by Crippen LogP contribution is -2.14. The maximum absolute atomic E-state index is 12.7. The van der Waals surface area contributed by atoms with Gasteiger partial charge in [-0.2, -0.15) is 0 Å². The Bertz CT molecular complexity index is 1220. The summed E-state index contributed by atoms with van der Waals surface area (Å²) in [4.78, 5) is 22.4. The lowest BCUT2D eigenvalue weighted by Gasteiger charge is -2.10. The van der Waals surface area contributed by atoms with Crippen molar-refractivity contribution in [1.29, 1.82) is 0 Å². The van der Waals surface area contributed by atoms with E-state index < -0.39 is 14.9 Å². The van der Waals surface area contributed by atoms with Crippen molar-refractivity contribution >= 4 is 33.3 Å². The van der Waals surface area contributed by atoms with E-state index in [-0.39, 0.29) is 22.1 Å². The van der Waals surface area contributed by atoms with E-state index in [0.717, 1.165) is 11.6 Å². The van der Waals surface area contributed by atoms with Crippen LogP contribution in [0.3, 0.4) is 0 Å². The number of nitro benzene ring substituents is 1. The van der Waals surface area contributed by atoms with Crippen molar-refractivity contribution in [2.45, 2.75) is 11.8 Å². The molecule has 152 valence electrons. The zero-order valence-electron chi connectivity index (χ0n) is 16.0. The number of ketones is 1. The van der Waals surface area contributed by atoms with Gasteiger partial charge in [0.05, 0.1) is 9.82 Å². The molecule has 0 aliphatic heterocycles. The molecule has 3 rings (SSSR count). The first kappa shape index (κ1) is 20.9. The van der Waals surface area contributed by atoms with Gasteiger partial charge >= 0.3 is 0 Å². The molecule has 1 N–H and O–H groups in total. The van der Waals surface area contributed by atoms with Crippen molar-refractivity contribution in [3.8, 4) is 0 Å². The maximum atomic E-state index is 12.7. The average Bonchev–Trinajstić information content (AvgIpc) is 2.73. The van der Waals surface area contributed by atoms with Crippen molar-refractivity contribution < 1.29 is 18.1 Å². The van der Waals surface area contributed by atoms with E-state index in [4.69, 9.17) is 0 Å². The summed E-state index contributed by atoms with van der Waals surface area (Å²) >= 11 is 0. The van der Waals surface area contributed by atoms with Crippen LogP contribution in [0.1, 0.15) is 21.5 Å². The number of nitro groups is 1. The second kappa shape index (κ2) is 8.71. The third-order valence-corrected chi connectivity index (χ3v) is 5.84. The molecule has 30 heavy (non-hydrogen) atoms. The largest absolute Gasteiger partial charge is 0.289 e. The highest BCUT2D eigenvalue weighted by atomic mass is 32.2. The Kier molecular flexibility index (Phi) is 6.08. The number of allylic oxidation sites excluding steroid dienone is 1. The summed E-state index contributed by atoms with van der Waals surface area (Å²) in [6.07, 6.45) is 3.14. The van der Waals surface area contributed by atoms with Gasteiger partial charge in [-0.15, -0.1) is 0 Å². The molecule has 3 aromatic carbocycles. The number of carbonyl (C=O) groups excluding carboxylic acids is 1. The number of anilines is 1. The molecule has 0 aliphatic rings. The first-order chi connectivity index (χ1) is 14.3. The van der Waals surface area contributed by atoms with Gasteiger partial charge in [0, 0.05) is 23.4 Å². The van der Waals surface area contributed by atoms with Gasteiger partial charge in [0.2, 0.25) is 0 Å². The fourth-order valence-electron chi connectivity index (χ4n) is 2.74. The Morgan fingerprint density at radius 1 is 1.00 bits per heavy atom. The molecule has 0 atom stereocenters. The maximum Gasteiger partial charge on any atom is 0.270 e. The topological polar surface area (TPSA) is 106 Å². The van der Waals surface area contributed by atoms with Crippen LogP contribution in [0.25, 0.3) is 6.08 Å². The molecule has 0 radical (unpaired) electrons. The van der Waals surface area contributed by atoms with E-state index in [9.17, 15) is 23.3 Å². The number of benzene rings is 3. The fourth-order valence-corrected chi connectivity index (χ4v) is 4.06. The van der Waals surface area contributed by atoms with Crippen LogP contribution in [0.5, 0.6) is 0 Å². The van der Waals surface area contributed by atoms with E-state index in [2.05, 4.69) is 4.72 Å². The summed E-state index contributed by atoms with van der Waals surface area (Å²) in [5.41, 5.74) is 1.60. The van der Waals surface area contributed by atoms with Gasteiger partial charge in [-0.05, 0) is 48.4 Å². The minimum absolute atomic E-state index is 0.178. The smallest absolute Gasteiger partial charge is 0.270 e. The molecule has 0 aliphatic carbocycles. The van der Waals surface area contributed by atoms with Crippen molar-refractivity contribution in [2.75, 3.05) is 4.72 Å². The van der Waals surface area contributed by atoms with Crippen LogP contribution in [0.15, 0.2) is 83.8 Å². The lowest BCUT2D eigenvalue weighted by atomic mass is 10.1. The van der Waals surface area contributed by atoms with E-state index in [1.807, 2.05) is 30.3 Å². The SMILES string of the molecule is Cc1ccc([N+](=O)[O-])cc1S(=O)(=O)Nc1ccc(C(=O)/C=C/c2ccccc2)cc1. The predicted octanol–water partition coefficient (Wildman–Crippen LogP) is 4.60. The number of sulfonamides is 1. The number of hydrogen-bond acceptors (Lipinski definition) is 5. The highest BCUT2D eigenvalue weighted by Gasteiger charge is 2.20. The minimum atomic E-state index is -4.03. The van der Waals surface area contributed by atoms with Gasteiger partial charge in [0.25, 0.3) is 15.7 Å². The van der Waals surface area contributed by atoms with Crippen molar-refractivity contribution in [3.63, 3.8) is 0 Å². The third kappa shape index (κ3) is 4.98. The van der Waals surface area contributed by atoms with Gasteiger partial charge in [-0.3, -0.25) is 19.6 Å². The summed E-state index contributed by atoms with van der Waals surface area (Å²) in [5.74, 6) is -0.220. The van der Waals surface area contributed by atoms with Gasteiger partial charge < -0.3 is 0 Å². The van der Waals surface area contributed by atoms with Crippen molar-refractivity contribution in [2.24, 2.45) is 0 Å². The standard InChI is InChI=1S/C22H18N2O5S/c1-16-7-13-20(24(26)27)15-22(16)30(28,29)23-19-11-9-18(10-12-19)21(25)14-8-17-5-3-2-4-6-17/h2-15,23H,1H3/b14-8+. The van der Waals surface area contributed by atoms with E-state index >= 15 is 0 Å². The van der Waals surface area contributed by atoms with Crippen LogP contribution < -0.4 is 4.72 Å². The second-order valence-corrected chi connectivity index (χ2v) is 8.15. The number of aryl methyl sites for hydroxylation is 1. The third-order valence-electron chi connectivity index (χ3n) is 4.32. The highest BCUT2D eigenvalue weighted by molar-refractivity contribution is 7.92. The molecule has 0 unspecified atom stereocenters. The number of nitrogens with one attached hydrogen (secondary N) is 1. The monoisotopic (exact) mass is 422 g/mol. The molecule has 0 spiro atoms. The van der Waals surface area contributed by atoms with Crippen molar-refractivity contribution in [3.05, 3.63) is 106 Å². The summed E-state index contributed by atoms with van der Waals surface area (Å²) in [6.45, 7) is 1.55. The normalized spacial score (nSPS) is 11.4. The number of rotatable bonds is 7. The molecule has 7 nitrogen and oxygen atoms in total. The zero-order valence-corrected chi connectivity index (χ0v) is 16.8. The summed E-state index contributed by atoms with van der Waals surface area (Å²) in [6, 6.07) is 19.0. The quantitative estimate of drug-likeness (QED) is 0.259. The van der Waals surface area contributed by atoms with E-state index in [1.54, 1.807) is 13.0 Å². The average molecular weight is 422 g/mol. The van der Waals surface area contributed by atoms with Gasteiger partial charge in [-0.1, -0.05) is 42.5 Å². The Hall–Kier alpha value is -3.78. The first-order valence-corrected chi connectivity index (χ1v) is 10.4. The summed E-state index contributed by atoms with van der Waals surface area (Å²) < 4.78 is 27.7. The van der Waals surface area contributed by atoms with E-state index in [1.165, 1.54) is 42.5 Å². The van der Waals surface area contributed by atoms with Crippen LogP contribution in [-0.2, 0) is 10.0 Å². The summed E-state index contributed by atoms with van der Waals surface area (Å²) in [5, 5.41) is 10.9. The molecule has 8 heteroatoms. The molecule has 3 aromatic rings. The summed E-state index contributed by atoms with van der Waals surface area (Å²) in [7, 11) is -4.03. The Labute approximate surface area is 173 Å². The molecule has 0 fully saturated rings. The van der Waals surface area contributed by atoms with Crippen LogP contribution in [-0.4, -0.2) is 19.1 Å². The molecule has 0 heterocycles. The Balaban J connectivity index is 1.77. The molecule has 0 aromatic heterocycles. The lowest BCUT2D eigenvalue weighted by molar-refractivity contribution is -0.385. The van der Waals surface area contributed by atoms with Gasteiger partial charge in [0.15, 0.2) is 5.78 Å². The minimum Gasteiger partial charge on any atom is -0.289 e. The number of nitrogens with zero attached hydrogens (tertiary/aromatic N) is 1. The van der Waals surface area contributed by atoms with Crippen LogP contribution in [0.4, 0.5) is 11.4 Å². The van der Waals surface area contributed by atoms with Crippen LogP contribution in [0, 0.1) is 17.0 Å². The fraction of sp³-hybridized carbons (Fsp3) is 0.0455. The van der Waals surface area contributed by atoms with Crippen LogP contribution in [0.2, 0.25) is 0 Å². The van der Waals surface area contributed by atoms with Gasteiger partial charge in [0.1, 0.15) is 0 Å². The molecule has 0 saturated heterocycles. The number of carbonyl (C=O) groups is 1. The van der Waals surface area contributed by atoms with Crippen molar-refractivity contribution in [1.82, 2.24) is 0 Å². The van der Waals surface area contributed by atoms with Crippen LogP contribution >= 0.6 is 0 Å². The molecule has 0 saturated carbocycles. The Morgan fingerprint density at radius 3 is 2.30 bits per heavy atom. The first-order valence-electron chi connectivity index (χ1n) is 8.92. The Morgan fingerprint density at radius 2 is 1.67 bits per heavy atom. The molecule has 0 bridgehead atoms. The molecular weight excluding hydrogens is 404 g/mol. The number of non-ortho nitro benzene ring substituents is 1. The molecule has 0 amide bonds. The predicted molar refractivity (Wildman–Crippen MR) is 115 cm³/mol. The molecular formula is C22H18N2O5S.